The summed E-state index contributed by atoms with van der Waals surface area (Å²) in [5.74, 6) is -0.457. The van der Waals surface area contributed by atoms with Gasteiger partial charge in [-0.15, -0.1) is 0 Å². The lowest BCUT2D eigenvalue weighted by molar-refractivity contribution is -0.122. The normalized spacial score (nSPS) is 19.0. The van der Waals surface area contributed by atoms with E-state index in [-0.39, 0.29) is 18.2 Å². The summed E-state index contributed by atoms with van der Waals surface area (Å²) in [6.07, 6.45) is 0.854. The molecule has 8 heteroatoms. The van der Waals surface area contributed by atoms with Crippen molar-refractivity contribution < 1.29 is 14.3 Å². The summed E-state index contributed by atoms with van der Waals surface area (Å²) in [5.41, 5.74) is 0.538. The average molecular weight is 356 g/mol. The summed E-state index contributed by atoms with van der Waals surface area (Å²) in [4.78, 5) is 28.2. The lowest BCUT2D eigenvalue weighted by Gasteiger charge is -2.08. The van der Waals surface area contributed by atoms with Crippen LogP contribution in [-0.2, 0) is 14.3 Å². The lowest BCUT2D eigenvalue weighted by atomic mass is 10.2. The van der Waals surface area contributed by atoms with Gasteiger partial charge >= 0.3 is 0 Å². The van der Waals surface area contributed by atoms with Crippen LogP contribution in [0, 0.1) is 0 Å². The van der Waals surface area contributed by atoms with Gasteiger partial charge in [-0.3, -0.25) is 14.6 Å². The van der Waals surface area contributed by atoms with Crippen molar-refractivity contribution in [3.63, 3.8) is 0 Å². The van der Waals surface area contributed by atoms with Gasteiger partial charge in [0.15, 0.2) is 5.17 Å². The molecule has 0 aliphatic carbocycles. The van der Waals surface area contributed by atoms with Gasteiger partial charge in [-0.1, -0.05) is 35.5 Å². The Balaban J connectivity index is 1.84. The molecule has 23 heavy (non-hydrogen) atoms. The minimum atomic E-state index is -0.473. The molecule has 2 N–H and O–H groups in total. The van der Waals surface area contributed by atoms with Gasteiger partial charge in [0.1, 0.15) is 5.25 Å². The van der Waals surface area contributed by atoms with Gasteiger partial charge in [-0.05, 0) is 18.6 Å². The standard InChI is InChI=1S/C15H18ClN3O3S/c1-22-8-4-7-17-15-19-14(21)12(23-15)9-13(20)18-11-6-3-2-5-10(11)16/h2-3,5-6,12H,4,7-9H2,1H3,(H,18,20)(H,17,19,21)/t12-/m1/s1. The molecular weight excluding hydrogens is 338 g/mol. The number of halogens is 1. The number of anilines is 1. The summed E-state index contributed by atoms with van der Waals surface area (Å²) in [7, 11) is 1.63. The molecule has 1 fully saturated rings. The largest absolute Gasteiger partial charge is 0.385 e. The number of amidine groups is 1. The van der Waals surface area contributed by atoms with E-state index >= 15 is 0 Å². The molecule has 0 aromatic heterocycles. The molecule has 2 rings (SSSR count). The molecule has 1 atom stereocenters. The highest BCUT2D eigenvalue weighted by molar-refractivity contribution is 8.15. The molecule has 1 aromatic rings. The van der Waals surface area contributed by atoms with Crippen LogP contribution in [0.4, 0.5) is 5.69 Å². The fourth-order valence-corrected chi connectivity index (χ4v) is 3.11. The van der Waals surface area contributed by atoms with Gasteiger partial charge in [0.05, 0.1) is 10.7 Å². The second kappa shape index (κ2) is 8.90. The summed E-state index contributed by atoms with van der Waals surface area (Å²) in [6, 6.07) is 6.97. The lowest BCUT2D eigenvalue weighted by Crippen LogP contribution is -2.28. The number of carbonyl (C=O) groups is 2. The van der Waals surface area contributed by atoms with Crippen molar-refractivity contribution in [3.05, 3.63) is 29.3 Å². The Morgan fingerprint density at radius 1 is 1.48 bits per heavy atom. The van der Waals surface area contributed by atoms with Crippen molar-refractivity contribution in [2.24, 2.45) is 4.99 Å². The summed E-state index contributed by atoms with van der Waals surface area (Å²) in [6.45, 7) is 1.20. The maximum atomic E-state index is 12.1. The monoisotopic (exact) mass is 355 g/mol. The fourth-order valence-electron chi connectivity index (χ4n) is 1.94. The Morgan fingerprint density at radius 2 is 2.26 bits per heavy atom. The smallest absolute Gasteiger partial charge is 0.240 e. The van der Waals surface area contributed by atoms with Crippen LogP contribution in [0.2, 0.25) is 5.02 Å². The molecule has 1 aliphatic heterocycles. The second-order valence-electron chi connectivity index (χ2n) is 4.86. The third-order valence-electron chi connectivity index (χ3n) is 3.06. The van der Waals surface area contributed by atoms with Gasteiger partial charge < -0.3 is 15.4 Å². The maximum absolute atomic E-state index is 12.1. The Labute approximate surface area is 144 Å². The molecule has 0 spiro atoms. The summed E-state index contributed by atoms with van der Waals surface area (Å²) in [5, 5.41) is 5.95. The van der Waals surface area contributed by atoms with Gasteiger partial charge in [-0.25, -0.2) is 0 Å². The SMILES string of the molecule is COCCCN=C1NC(=O)[C@@H](CC(=O)Nc2ccccc2Cl)S1. The Morgan fingerprint density at radius 3 is 3.00 bits per heavy atom. The zero-order valence-electron chi connectivity index (χ0n) is 12.7. The highest BCUT2D eigenvalue weighted by Gasteiger charge is 2.31. The number of nitrogens with one attached hydrogen (secondary N) is 2. The first-order valence-corrected chi connectivity index (χ1v) is 8.41. The number of rotatable bonds is 7. The van der Waals surface area contributed by atoms with Crippen LogP contribution < -0.4 is 10.6 Å². The number of hydrogen-bond acceptors (Lipinski definition) is 5. The van der Waals surface area contributed by atoms with E-state index in [0.717, 1.165) is 6.42 Å². The average Bonchev–Trinajstić information content (AvgIpc) is 2.86. The van der Waals surface area contributed by atoms with Crippen molar-refractivity contribution >= 4 is 46.0 Å². The molecule has 6 nitrogen and oxygen atoms in total. The third-order valence-corrected chi connectivity index (χ3v) is 4.51. The first-order valence-electron chi connectivity index (χ1n) is 7.15. The van der Waals surface area contributed by atoms with E-state index in [1.807, 2.05) is 0 Å². The van der Waals surface area contributed by atoms with Crippen LogP contribution in [-0.4, -0.2) is 42.5 Å². The number of thioether (sulfide) groups is 1. The molecule has 0 bridgehead atoms. The quantitative estimate of drug-likeness (QED) is 0.735. The number of para-hydroxylation sites is 1. The number of benzene rings is 1. The number of ether oxygens (including phenoxy) is 1. The molecule has 0 saturated carbocycles. The van der Waals surface area contributed by atoms with Crippen LogP contribution in [0.5, 0.6) is 0 Å². The van der Waals surface area contributed by atoms with Crippen molar-refractivity contribution in [1.29, 1.82) is 0 Å². The van der Waals surface area contributed by atoms with Crippen molar-refractivity contribution in [2.75, 3.05) is 25.6 Å². The highest BCUT2D eigenvalue weighted by Crippen LogP contribution is 2.24. The van der Waals surface area contributed by atoms with Crippen LogP contribution in [0.25, 0.3) is 0 Å². The van der Waals surface area contributed by atoms with Crippen molar-refractivity contribution in [3.8, 4) is 0 Å². The van der Waals surface area contributed by atoms with E-state index in [4.69, 9.17) is 16.3 Å². The number of nitrogens with zero attached hydrogens (tertiary/aromatic N) is 1. The van der Waals surface area contributed by atoms with E-state index in [0.29, 0.717) is 29.0 Å². The number of amides is 2. The molecular formula is C15H18ClN3O3S. The first kappa shape index (κ1) is 17.8. The van der Waals surface area contributed by atoms with Crippen molar-refractivity contribution in [1.82, 2.24) is 5.32 Å². The molecule has 1 aliphatic rings. The highest BCUT2D eigenvalue weighted by atomic mass is 35.5. The van der Waals surface area contributed by atoms with E-state index in [1.165, 1.54) is 11.8 Å². The number of hydrogen-bond donors (Lipinski definition) is 2. The molecule has 1 saturated heterocycles. The van der Waals surface area contributed by atoms with E-state index in [1.54, 1.807) is 31.4 Å². The van der Waals surface area contributed by atoms with Crippen LogP contribution >= 0.6 is 23.4 Å². The van der Waals surface area contributed by atoms with E-state index < -0.39 is 5.25 Å². The number of aliphatic imine (C=N–C) groups is 1. The molecule has 0 radical (unpaired) electrons. The van der Waals surface area contributed by atoms with E-state index in [2.05, 4.69) is 15.6 Å². The number of carbonyl (C=O) groups excluding carboxylic acids is 2. The summed E-state index contributed by atoms with van der Waals surface area (Å²) >= 11 is 7.27. The van der Waals surface area contributed by atoms with Crippen LogP contribution in [0.15, 0.2) is 29.3 Å². The van der Waals surface area contributed by atoms with Gasteiger partial charge in [0.25, 0.3) is 0 Å². The topological polar surface area (TPSA) is 79.8 Å². The van der Waals surface area contributed by atoms with Crippen LogP contribution in [0.1, 0.15) is 12.8 Å². The van der Waals surface area contributed by atoms with Crippen molar-refractivity contribution in [2.45, 2.75) is 18.1 Å². The molecule has 1 heterocycles. The molecule has 2 amide bonds. The molecule has 124 valence electrons. The minimum absolute atomic E-state index is 0.0683. The Bertz CT molecular complexity index is 609. The van der Waals surface area contributed by atoms with Gasteiger partial charge in [-0.2, -0.15) is 0 Å². The summed E-state index contributed by atoms with van der Waals surface area (Å²) < 4.78 is 4.94. The predicted octanol–water partition coefficient (Wildman–Crippen LogP) is 2.29. The Kier molecular flexibility index (Phi) is 6.88. The van der Waals surface area contributed by atoms with Gasteiger partial charge in [0, 0.05) is 26.7 Å². The van der Waals surface area contributed by atoms with E-state index in [9.17, 15) is 9.59 Å². The zero-order chi connectivity index (χ0) is 16.7. The third kappa shape index (κ3) is 5.53. The zero-order valence-corrected chi connectivity index (χ0v) is 14.2. The maximum Gasteiger partial charge on any atom is 0.240 e. The molecule has 0 unspecified atom stereocenters. The van der Waals surface area contributed by atoms with Gasteiger partial charge in [0.2, 0.25) is 11.8 Å². The Hall–Kier alpha value is -1.57. The minimum Gasteiger partial charge on any atom is -0.385 e. The molecule has 1 aromatic carbocycles. The van der Waals surface area contributed by atoms with Crippen LogP contribution in [0.3, 0.4) is 0 Å². The first-order chi connectivity index (χ1) is 11.1. The second-order valence-corrected chi connectivity index (χ2v) is 6.46. The fraction of sp³-hybridized carbons (Fsp3) is 0.400. The number of methoxy groups -OCH3 is 1. The predicted molar refractivity (Wildman–Crippen MR) is 93.0 cm³/mol.